The molecule has 2 rings (SSSR count). The molecule has 8 nitrogen and oxygen atoms in total. The summed E-state index contributed by atoms with van der Waals surface area (Å²) < 4.78 is 10.3. The van der Waals surface area contributed by atoms with Gasteiger partial charge in [-0.3, -0.25) is 9.59 Å². The highest BCUT2D eigenvalue weighted by Crippen LogP contribution is 2.15. The molecule has 184 valence electrons. The summed E-state index contributed by atoms with van der Waals surface area (Å²) in [5.41, 5.74) is 6.21. The molecular formula is C24H43N3O5. The second-order valence-corrected chi connectivity index (χ2v) is 7.02. The highest BCUT2D eigenvalue weighted by molar-refractivity contribution is 6.09. The van der Waals surface area contributed by atoms with Crippen LogP contribution in [-0.4, -0.2) is 55.9 Å². The Bertz CT molecular complexity index is 611. The van der Waals surface area contributed by atoms with Crippen molar-refractivity contribution in [1.29, 1.82) is 0 Å². The van der Waals surface area contributed by atoms with E-state index >= 15 is 0 Å². The fraction of sp³-hybridized carbons (Fsp3) is 0.625. The molecule has 1 atom stereocenters. The molecule has 1 unspecified atom stereocenters. The molecule has 2 aliphatic heterocycles. The van der Waals surface area contributed by atoms with Gasteiger partial charge in [0.15, 0.2) is 5.76 Å². The molecule has 2 aliphatic rings. The first-order valence-corrected chi connectivity index (χ1v) is 11.2. The average molecular weight is 454 g/mol. The Labute approximate surface area is 193 Å². The molecule has 0 aromatic heterocycles. The lowest BCUT2D eigenvalue weighted by Gasteiger charge is -2.36. The number of allylic oxidation sites excluding steroid dienone is 2. The van der Waals surface area contributed by atoms with Crippen LogP contribution in [-0.2, 0) is 23.9 Å². The number of hydrogen-bond acceptors (Lipinski definition) is 7. The number of morpholine rings is 1. The van der Waals surface area contributed by atoms with E-state index in [0.717, 1.165) is 6.29 Å². The van der Waals surface area contributed by atoms with Crippen LogP contribution < -0.4 is 11.1 Å². The van der Waals surface area contributed by atoms with Gasteiger partial charge in [0, 0.05) is 18.3 Å². The Morgan fingerprint density at radius 3 is 2.22 bits per heavy atom. The molecule has 1 amide bonds. The van der Waals surface area contributed by atoms with Gasteiger partial charge < -0.3 is 30.2 Å². The number of ether oxygens (including phenoxy) is 2. The summed E-state index contributed by atoms with van der Waals surface area (Å²) in [6.45, 7) is 14.9. The smallest absolute Gasteiger partial charge is 0.275 e. The highest BCUT2D eigenvalue weighted by atomic mass is 16.5. The Kier molecular flexibility index (Phi) is 20.0. The van der Waals surface area contributed by atoms with E-state index in [-0.39, 0.29) is 17.6 Å². The van der Waals surface area contributed by atoms with Crippen molar-refractivity contribution in [2.75, 3.05) is 26.9 Å². The van der Waals surface area contributed by atoms with Crippen LogP contribution in [0, 0.1) is 0 Å². The van der Waals surface area contributed by atoms with Gasteiger partial charge in [0.25, 0.3) is 5.91 Å². The summed E-state index contributed by atoms with van der Waals surface area (Å²) in [5, 5.41) is 3.07. The predicted octanol–water partition coefficient (Wildman–Crippen LogP) is 3.44. The van der Waals surface area contributed by atoms with Gasteiger partial charge >= 0.3 is 0 Å². The van der Waals surface area contributed by atoms with Gasteiger partial charge in [0.1, 0.15) is 18.1 Å². The van der Waals surface area contributed by atoms with Crippen molar-refractivity contribution in [2.45, 2.75) is 72.4 Å². The molecule has 1 fully saturated rings. The first-order valence-electron chi connectivity index (χ1n) is 11.2. The normalized spacial score (nSPS) is 21.6. The first-order chi connectivity index (χ1) is 15.4. The minimum absolute atomic E-state index is 0.127. The number of ketones is 1. The van der Waals surface area contributed by atoms with Crippen molar-refractivity contribution < 1.29 is 23.9 Å². The number of aldehydes is 1. The van der Waals surface area contributed by atoms with E-state index in [1.165, 1.54) is 58.6 Å². The third kappa shape index (κ3) is 12.3. The van der Waals surface area contributed by atoms with Crippen LogP contribution >= 0.6 is 0 Å². The number of rotatable bonds is 6. The summed E-state index contributed by atoms with van der Waals surface area (Å²) in [4.78, 5) is 34.6. The molecule has 8 heteroatoms. The number of methoxy groups -OCH3 is 1. The molecule has 0 aromatic carbocycles. The molecule has 0 spiro atoms. The van der Waals surface area contributed by atoms with Crippen molar-refractivity contribution in [1.82, 2.24) is 10.2 Å². The molecule has 32 heavy (non-hydrogen) atoms. The van der Waals surface area contributed by atoms with Crippen LogP contribution in [0.15, 0.2) is 36.4 Å². The zero-order valence-corrected chi connectivity index (χ0v) is 20.6. The molecule has 0 aromatic rings. The van der Waals surface area contributed by atoms with Crippen LogP contribution in [0.2, 0.25) is 0 Å². The number of amides is 1. The number of nitrogens with two attached hydrogens (primary N) is 1. The van der Waals surface area contributed by atoms with Crippen molar-refractivity contribution in [2.24, 2.45) is 5.73 Å². The highest BCUT2D eigenvalue weighted by Gasteiger charge is 2.32. The Balaban J connectivity index is 0. The summed E-state index contributed by atoms with van der Waals surface area (Å²) >= 11 is 0. The Morgan fingerprint density at radius 1 is 1.22 bits per heavy atom. The topological polar surface area (TPSA) is 111 Å². The molecular weight excluding hydrogens is 410 g/mol. The van der Waals surface area contributed by atoms with Crippen LogP contribution in [0.1, 0.15) is 66.2 Å². The van der Waals surface area contributed by atoms with Crippen molar-refractivity contribution >= 4 is 18.0 Å². The zero-order valence-electron chi connectivity index (χ0n) is 20.6. The van der Waals surface area contributed by atoms with Gasteiger partial charge in [0.05, 0.1) is 20.3 Å². The van der Waals surface area contributed by atoms with Gasteiger partial charge in [0.2, 0.25) is 5.78 Å². The van der Waals surface area contributed by atoms with Gasteiger partial charge in [-0.15, -0.1) is 13.2 Å². The zero-order chi connectivity index (χ0) is 24.9. The number of carbonyl (C=O) groups excluding carboxylic acids is 3. The lowest BCUT2D eigenvalue weighted by molar-refractivity contribution is -0.137. The first kappa shape index (κ1) is 31.6. The maximum absolute atomic E-state index is 12.3. The van der Waals surface area contributed by atoms with Crippen molar-refractivity contribution in [3.8, 4) is 0 Å². The Hall–Kier alpha value is -2.61. The van der Waals surface area contributed by atoms with Crippen LogP contribution in [0.4, 0.5) is 0 Å². The number of carbonyl (C=O) groups is 3. The van der Waals surface area contributed by atoms with Crippen molar-refractivity contribution in [3.05, 3.63) is 36.4 Å². The Morgan fingerprint density at radius 2 is 1.75 bits per heavy atom. The minimum Gasteiger partial charge on any atom is -0.491 e. The van der Waals surface area contributed by atoms with E-state index in [9.17, 15) is 9.59 Å². The predicted molar refractivity (Wildman–Crippen MR) is 128 cm³/mol. The second kappa shape index (κ2) is 20.3. The summed E-state index contributed by atoms with van der Waals surface area (Å²) in [6, 6.07) is 0. The van der Waals surface area contributed by atoms with E-state index in [4.69, 9.17) is 20.0 Å². The van der Waals surface area contributed by atoms with Gasteiger partial charge in [-0.05, 0) is 13.8 Å². The molecule has 1 saturated heterocycles. The second-order valence-electron chi connectivity index (χ2n) is 7.02. The number of nitrogens with zero attached hydrogens (tertiary/aromatic N) is 1. The fourth-order valence-electron chi connectivity index (χ4n) is 2.98. The van der Waals surface area contributed by atoms with Crippen LogP contribution in [0.3, 0.4) is 0 Å². The number of nitrogens with one attached hydrogen (secondary N) is 1. The van der Waals surface area contributed by atoms with Gasteiger partial charge in [-0.25, -0.2) is 0 Å². The maximum atomic E-state index is 12.3. The lowest BCUT2D eigenvalue weighted by atomic mass is 10.1. The molecule has 3 N–H and O–H groups in total. The van der Waals surface area contributed by atoms with Crippen molar-refractivity contribution in [3.63, 3.8) is 0 Å². The number of hydrogen-bond donors (Lipinski definition) is 2. The van der Waals surface area contributed by atoms with Crippen LogP contribution in [0.25, 0.3) is 0 Å². The summed E-state index contributed by atoms with van der Waals surface area (Å²) in [5.74, 6) is -0.980. The third-order valence-electron chi connectivity index (χ3n) is 4.49. The monoisotopic (exact) mass is 453 g/mol. The number of unbranched alkanes of at least 4 members (excludes halogenated alkanes) is 5. The third-order valence-corrected chi connectivity index (χ3v) is 4.49. The number of fused-ring (bicyclic) bond motifs is 1. The maximum Gasteiger partial charge on any atom is 0.275 e. The molecule has 2 heterocycles. The van der Waals surface area contributed by atoms with E-state index in [1.807, 2.05) is 0 Å². The molecule has 0 saturated carbocycles. The van der Waals surface area contributed by atoms with E-state index in [0.29, 0.717) is 25.5 Å². The SMILES string of the molecule is C=C.CC=O.CCCCCCCC.CO/C1=C(/N)C(=O)N2CCOCC2N/C(C)=C\C1=O. The van der Waals surface area contributed by atoms with E-state index < -0.39 is 11.7 Å². The summed E-state index contributed by atoms with van der Waals surface area (Å²) in [7, 11) is 1.32. The largest absolute Gasteiger partial charge is 0.491 e. The average Bonchev–Trinajstić information content (AvgIpc) is 2.82. The molecule has 0 bridgehead atoms. The van der Waals surface area contributed by atoms with E-state index in [2.05, 4.69) is 32.3 Å². The fourth-order valence-corrected chi connectivity index (χ4v) is 2.98. The van der Waals surface area contributed by atoms with Gasteiger partial charge in [-0.1, -0.05) is 52.4 Å². The minimum atomic E-state index is -0.431. The standard InChI is InChI=1S/C12H17N3O4.C8H18.C2H4O.C2H4/c1-7-5-8(16)11(18-2)10(13)12(17)15-3-4-19-6-9(15)14-7;1-3-5-7-8-6-4-2;1-2-3;1-2/h5,9,14H,3-4,6,13H2,1-2H3;3-8H2,1-2H3;2H,1H3;1-2H2/b7-5-,11-10+;;;. The van der Waals surface area contributed by atoms with Crippen LogP contribution in [0.5, 0.6) is 0 Å². The molecule has 0 radical (unpaired) electrons. The summed E-state index contributed by atoms with van der Waals surface area (Å²) in [6.07, 6.45) is 10.3. The molecule has 0 aliphatic carbocycles. The lowest BCUT2D eigenvalue weighted by Crippen LogP contribution is -2.56. The van der Waals surface area contributed by atoms with E-state index in [1.54, 1.807) is 11.8 Å². The van der Waals surface area contributed by atoms with Gasteiger partial charge in [-0.2, -0.15) is 0 Å². The quantitative estimate of drug-likeness (QED) is 0.360.